The van der Waals surface area contributed by atoms with Crippen molar-refractivity contribution in [2.45, 2.75) is 32.0 Å². The molecule has 4 rings (SSSR count). The fourth-order valence-corrected chi connectivity index (χ4v) is 4.15. The van der Waals surface area contributed by atoms with Crippen molar-refractivity contribution in [1.82, 2.24) is 20.0 Å². The number of aromatic nitrogens is 2. The van der Waals surface area contributed by atoms with Crippen LogP contribution in [0.25, 0.3) is 0 Å². The van der Waals surface area contributed by atoms with Gasteiger partial charge < -0.3 is 19.7 Å². The van der Waals surface area contributed by atoms with Crippen molar-refractivity contribution < 1.29 is 14.3 Å². The largest absolute Gasteiger partial charge is 0.497 e. The van der Waals surface area contributed by atoms with Crippen LogP contribution < -0.4 is 14.8 Å². The molecule has 1 fully saturated rings. The number of amides is 2. The summed E-state index contributed by atoms with van der Waals surface area (Å²) in [5, 5.41) is 7.40. The van der Waals surface area contributed by atoms with E-state index in [4.69, 9.17) is 9.47 Å². The molecule has 1 unspecified atom stereocenters. The number of likely N-dealkylation sites (tertiary alicyclic amines) is 1. The first-order valence-electron chi connectivity index (χ1n) is 10.5. The van der Waals surface area contributed by atoms with Crippen LogP contribution in [0, 0.1) is 0 Å². The molecule has 0 radical (unpaired) electrons. The molecule has 2 amide bonds. The molecule has 1 aliphatic heterocycles. The van der Waals surface area contributed by atoms with Gasteiger partial charge in [-0.05, 0) is 42.2 Å². The number of nitrogens with zero attached hydrogens (tertiary/aromatic N) is 3. The van der Waals surface area contributed by atoms with E-state index in [2.05, 4.69) is 16.5 Å². The predicted octanol–water partition coefficient (Wildman–Crippen LogP) is 4.00. The third-order valence-electron chi connectivity index (χ3n) is 5.75. The first kappa shape index (κ1) is 20.8. The van der Waals surface area contributed by atoms with Gasteiger partial charge in [0.2, 0.25) is 0 Å². The lowest BCUT2D eigenvalue weighted by Gasteiger charge is -2.27. The summed E-state index contributed by atoms with van der Waals surface area (Å²) in [5.74, 6) is 1.48. The van der Waals surface area contributed by atoms with Crippen LogP contribution in [0.2, 0.25) is 0 Å². The normalized spacial score (nSPS) is 15.7. The number of carbonyl (C=O) groups excluding carboxylic acids is 1. The Hall–Kier alpha value is -3.48. The molecule has 0 spiro atoms. The van der Waals surface area contributed by atoms with Crippen molar-refractivity contribution >= 4 is 6.03 Å². The Kier molecular flexibility index (Phi) is 6.40. The van der Waals surface area contributed by atoms with Gasteiger partial charge in [-0.1, -0.05) is 24.3 Å². The Morgan fingerprint density at radius 2 is 1.97 bits per heavy atom. The van der Waals surface area contributed by atoms with E-state index in [9.17, 15) is 4.79 Å². The lowest BCUT2D eigenvalue weighted by Crippen LogP contribution is -2.39. The molecule has 162 valence electrons. The minimum absolute atomic E-state index is 0.0137. The average molecular weight is 421 g/mol. The topological polar surface area (TPSA) is 68.6 Å². The Labute approximate surface area is 182 Å². The van der Waals surface area contributed by atoms with Gasteiger partial charge in [0.25, 0.3) is 0 Å². The zero-order valence-electron chi connectivity index (χ0n) is 18.0. The fraction of sp³-hybridized carbons (Fsp3) is 0.333. The van der Waals surface area contributed by atoms with Gasteiger partial charge in [0, 0.05) is 37.1 Å². The molecular weight excluding hydrogens is 392 g/mol. The van der Waals surface area contributed by atoms with Gasteiger partial charge in [-0.3, -0.25) is 4.68 Å². The summed E-state index contributed by atoms with van der Waals surface area (Å²) in [6.45, 7) is 1.87. The van der Waals surface area contributed by atoms with Crippen molar-refractivity contribution in [2.75, 3.05) is 20.8 Å². The quantitative estimate of drug-likeness (QED) is 0.627. The van der Waals surface area contributed by atoms with Crippen LogP contribution in [0.5, 0.6) is 11.5 Å². The fourth-order valence-electron chi connectivity index (χ4n) is 4.15. The van der Waals surface area contributed by atoms with E-state index in [1.807, 2.05) is 58.2 Å². The molecule has 2 aromatic carbocycles. The Morgan fingerprint density at radius 1 is 1.13 bits per heavy atom. The summed E-state index contributed by atoms with van der Waals surface area (Å²) in [6.07, 6.45) is 5.58. The molecule has 2 heterocycles. The molecular formula is C24H28N4O3. The Balaban J connectivity index is 1.46. The van der Waals surface area contributed by atoms with Crippen LogP contribution >= 0.6 is 0 Å². The van der Waals surface area contributed by atoms with Crippen LogP contribution in [0.4, 0.5) is 4.79 Å². The molecule has 7 nitrogen and oxygen atoms in total. The molecule has 1 aliphatic rings. The van der Waals surface area contributed by atoms with E-state index in [0.717, 1.165) is 47.6 Å². The lowest BCUT2D eigenvalue weighted by molar-refractivity contribution is 0.191. The highest BCUT2D eigenvalue weighted by atomic mass is 16.5. The molecule has 0 aliphatic carbocycles. The minimum atomic E-state index is -0.0609. The summed E-state index contributed by atoms with van der Waals surface area (Å²) in [4.78, 5) is 15.0. The van der Waals surface area contributed by atoms with Crippen molar-refractivity contribution in [3.63, 3.8) is 0 Å². The zero-order valence-corrected chi connectivity index (χ0v) is 18.0. The van der Waals surface area contributed by atoms with Gasteiger partial charge in [0.15, 0.2) is 0 Å². The third kappa shape index (κ3) is 4.66. The smallest absolute Gasteiger partial charge is 0.318 e. The predicted molar refractivity (Wildman–Crippen MR) is 118 cm³/mol. The second-order valence-corrected chi connectivity index (χ2v) is 7.59. The highest BCUT2D eigenvalue weighted by Gasteiger charge is 2.32. The van der Waals surface area contributed by atoms with E-state index >= 15 is 0 Å². The number of hydrogen-bond acceptors (Lipinski definition) is 4. The van der Waals surface area contributed by atoms with Gasteiger partial charge in [-0.15, -0.1) is 0 Å². The molecule has 1 saturated heterocycles. The van der Waals surface area contributed by atoms with Gasteiger partial charge >= 0.3 is 6.03 Å². The van der Waals surface area contributed by atoms with Crippen LogP contribution in [-0.4, -0.2) is 41.5 Å². The standard InChI is InChI=1S/C24H28N4O3/c1-30-20-10-11-21(23(15-20)31-2)22-9-5-14-28(22)24(29)25-16-18-7-3-4-8-19(18)17-27-13-6-12-26-27/h3-4,6-8,10-13,15,22H,5,9,14,16-17H2,1-2H3,(H,25,29). The first-order valence-corrected chi connectivity index (χ1v) is 10.5. The average Bonchev–Trinajstić information content (AvgIpc) is 3.50. The van der Waals surface area contributed by atoms with Crippen LogP contribution in [0.1, 0.15) is 35.6 Å². The molecule has 1 N–H and O–H groups in total. The molecule has 0 saturated carbocycles. The minimum Gasteiger partial charge on any atom is -0.497 e. The molecule has 1 atom stereocenters. The number of methoxy groups -OCH3 is 2. The van der Waals surface area contributed by atoms with Crippen molar-refractivity contribution in [3.05, 3.63) is 77.6 Å². The maximum atomic E-state index is 13.1. The molecule has 0 bridgehead atoms. The number of nitrogens with one attached hydrogen (secondary N) is 1. The number of hydrogen-bond donors (Lipinski definition) is 1. The Morgan fingerprint density at radius 3 is 2.71 bits per heavy atom. The maximum Gasteiger partial charge on any atom is 0.318 e. The number of carbonyl (C=O) groups is 1. The van der Waals surface area contributed by atoms with E-state index in [0.29, 0.717) is 13.1 Å². The maximum absolute atomic E-state index is 13.1. The number of ether oxygens (including phenoxy) is 2. The van der Waals surface area contributed by atoms with Crippen molar-refractivity contribution in [1.29, 1.82) is 0 Å². The third-order valence-corrected chi connectivity index (χ3v) is 5.75. The van der Waals surface area contributed by atoms with Crippen molar-refractivity contribution in [3.8, 4) is 11.5 Å². The van der Waals surface area contributed by atoms with Crippen LogP contribution in [0.3, 0.4) is 0 Å². The lowest BCUT2D eigenvalue weighted by atomic mass is 10.0. The Bertz CT molecular complexity index is 1020. The molecule has 3 aromatic rings. The van der Waals surface area contributed by atoms with Gasteiger partial charge in [-0.25, -0.2) is 4.79 Å². The second kappa shape index (κ2) is 9.55. The van der Waals surface area contributed by atoms with Gasteiger partial charge in [-0.2, -0.15) is 5.10 Å². The first-order chi connectivity index (χ1) is 15.2. The van der Waals surface area contributed by atoms with Gasteiger partial charge in [0.1, 0.15) is 11.5 Å². The summed E-state index contributed by atoms with van der Waals surface area (Å²) >= 11 is 0. The highest BCUT2D eigenvalue weighted by Crippen LogP contribution is 2.38. The number of benzene rings is 2. The van der Waals surface area contributed by atoms with E-state index in [1.54, 1.807) is 20.4 Å². The highest BCUT2D eigenvalue weighted by molar-refractivity contribution is 5.75. The second-order valence-electron chi connectivity index (χ2n) is 7.59. The summed E-state index contributed by atoms with van der Waals surface area (Å²) in [5.41, 5.74) is 3.24. The van der Waals surface area contributed by atoms with Crippen molar-refractivity contribution in [2.24, 2.45) is 0 Å². The van der Waals surface area contributed by atoms with E-state index < -0.39 is 0 Å². The summed E-state index contributed by atoms with van der Waals surface area (Å²) < 4.78 is 12.8. The SMILES string of the molecule is COc1ccc(C2CCCN2C(=O)NCc2ccccc2Cn2cccn2)c(OC)c1. The van der Waals surface area contributed by atoms with Crippen LogP contribution in [0.15, 0.2) is 60.9 Å². The van der Waals surface area contributed by atoms with E-state index in [1.165, 1.54) is 0 Å². The number of rotatable bonds is 7. The van der Waals surface area contributed by atoms with E-state index in [-0.39, 0.29) is 12.1 Å². The monoisotopic (exact) mass is 420 g/mol. The molecule has 1 aromatic heterocycles. The van der Waals surface area contributed by atoms with Gasteiger partial charge in [0.05, 0.1) is 26.8 Å². The summed E-state index contributed by atoms with van der Waals surface area (Å²) in [6, 6.07) is 15.7. The van der Waals surface area contributed by atoms with Crippen LogP contribution in [-0.2, 0) is 13.1 Å². The molecule has 7 heteroatoms. The number of urea groups is 1. The molecule has 31 heavy (non-hydrogen) atoms. The summed E-state index contributed by atoms with van der Waals surface area (Å²) in [7, 11) is 3.28. The zero-order chi connectivity index (χ0) is 21.6.